The Morgan fingerprint density at radius 1 is 1.05 bits per heavy atom. The summed E-state index contributed by atoms with van der Waals surface area (Å²) >= 11 is 0. The molecule has 20 heavy (non-hydrogen) atoms. The molecule has 0 aliphatic rings. The molecular formula is C18H31NO. The summed E-state index contributed by atoms with van der Waals surface area (Å²) in [7, 11) is 0. The summed E-state index contributed by atoms with van der Waals surface area (Å²) in [6, 6.07) is 8.60. The molecule has 0 amide bonds. The summed E-state index contributed by atoms with van der Waals surface area (Å²) in [4.78, 5) is 0. The number of hydrogen-bond donors (Lipinski definition) is 1. The van der Waals surface area contributed by atoms with Crippen LogP contribution in [0.5, 0.6) is 5.75 Å². The molecule has 114 valence electrons. The van der Waals surface area contributed by atoms with Gasteiger partial charge in [-0.05, 0) is 69.3 Å². The molecule has 0 heterocycles. The fourth-order valence-electron chi connectivity index (χ4n) is 2.22. The second-order valence-corrected chi connectivity index (χ2v) is 5.70. The van der Waals surface area contributed by atoms with Crippen LogP contribution in [0.2, 0.25) is 0 Å². The quantitative estimate of drug-likeness (QED) is 0.623. The first-order valence-electron chi connectivity index (χ1n) is 8.14. The third-order valence-electron chi connectivity index (χ3n) is 3.79. The summed E-state index contributed by atoms with van der Waals surface area (Å²) in [5.41, 5.74) is 1.40. The van der Waals surface area contributed by atoms with E-state index in [1.54, 1.807) is 0 Å². The monoisotopic (exact) mass is 277 g/mol. The predicted octanol–water partition coefficient (Wildman–Crippen LogP) is 4.75. The minimum Gasteiger partial charge on any atom is -0.491 e. The Bertz CT molecular complexity index is 347. The minimum atomic E-state index is 0.285. The van der Waals surface area contributed by atoms with Crippen molar-refractivity contribution < 1.29 is 4.74 Å². The van der Waals surface area contributed by atoms with E-state index in [0.29, 0.717) is 5.92 Å². The highest BCUT2D eigenvalue weighted by Crippen LogP contribution is 2.22. The molecule has 0 aliphatic carbocycles. The molecule has 1 N–H and O–H groups in total. The highest BCUT2D eigenvalue weighted by molar-refractivity contribution is 5.29. The van der Waals surface area contributed by atoms with Gasteiger partial charge in [0.05, 0.1) is 6.10 Å². The van der Waals surface area contributed by atoms with Crippen LogP contribution in [0.4, 0.5) is 0 Å². The van der Waals surface area contributed by atoms with E-state index in [4.69, 9.17) is 4.74 Å². The van der Waals surface area contributed by atoms with Crippen LogP contribution in [0.15, 0.2) is 24.3 Å². The lowest BCUT2D eigenvalue weighted by Crippen LogP contribution is -2.19. The zero-order chi connectivity index (χ0) is 14.8. The second kappa shape index (κ2) is 9.82. The SMILES string of the molecule is CCCNCCCC(C)Oc1ccc(C(C)CC)cc1. The van der Waals surface area contributed by atoms with Crippen molar-refractivity contribution in [3.8, 4) is 5.75 Å². The molecule has 1 aromatic rings. The number of nitrogens with one attached hydrogen (secondary N) is 1. The van der Waals surface area contributed by atoms with Gasteiger partial charge in [-0.2, -0.15) is 0 Å². The Morgan fingerprint density at radius 2 is 1.75 bits per heavy atom. The van der Waals surface area contributed by atoms with E-state index in [2.05, 4.69) is 57.3 Å². The largest absolute Gasteiger partial charge is 0.491 e. The van der Waals surface area contributed by atoms with Crippen molar-refractivity contribution in [2.75, 3.05) is 13.1 Å². The molecule has 2 atom stereocenters. The highest BCUT2D eigenvalue weighted by atomic mass is 16.5. The van der Waals surface area contributed by atoms with E-state index in [0.717, 1.165) is 25.3 Å². The maximum Gasteiger partial charge on any atom is 0.119 e. The summed E-state index contributed by atoms with van der Waals surface area (Å²) < 4.78 is 5.96. The molecule has 2 nitrogen and oxygen atoms in total. The molecule has 1 aromatic carbocycles. The van der Waals surface area contributed by atoms with Crippen molar-refractivity contribution in [3.05, 3.63) is 29.8 Å². The van der Waals surface area contributed by atoms with Gasteiger partial charge in [-0.25, -0.2) is 0 Å². The molecule has 2 heteroatoms. The Kier molecular flexibility index (Phi) is 8.36. The van der Waals surface area contributed by atoms with Crippen LogP contribution < -0.4 is 10.1 Å². The number of benzene rings is 1. The van der Waals surface area contributed by atoms with Crippen LogP contribution in [-0.2, 0) is 0 Å². The smallest absolute Gasteiger partial charge is 0.119 e. The average molecular weight is 277 g/mol. The normalized spacial score (nSPS) is 14.0. The van der Waals surface area contributed by atoms with Crippen molar-refractivity contribution >= 4 is 0 Å². The first-order valence-corrected chi connectivity index (χ1v) is 8.14. The summed E-state index contributed by atoms with van der Waals surface area (Å²) in [6.45, 7) is 11.1. The number of rotatable bonds is 10. The highest BCUT2D eigenvalue weighted by Gasteiger charge is 2.06. The van der Waals surface area contributed by atoms with Gasteiger partial charge in [-0.1, -0.05) is 32.9 Å². The van der Waals surface area contributed by atoms with Crippen LogP contribution in [0.1, 0.15) is 64.9 Å². The van der Waals surface area contributed by atoms with E-state index in [9.17, 15) is 0 Å². The average Bonchev–Trinajstić information content (AvgIpc) is 2.47. The van der Waals surface area contributed by atoms with Crippen molar-refractivity contribution in [1.29, 1.82) is 0 Å². The maximum absolute atomic E-state index is 5.96. The topological polar surface area (TPSA) is 21.3 Å². The first kappa shape index (κ1) is 17.0. The minimum absolute atomic E-state index is 0.285. The van der Waals surface area contributed by atoms with Gasteiger partial charge < -0.3 is 10.1 Å². The van der Waals surface area contributed by atoms with Gasteiger partial charge in [0, 0.05) is 0 Å². The lowest BCUT2D eigenvalue weighted by atomic mass is 9.99. The fourth-order valence-corrected chi connectivity index (χ4v) is 2.22. The van der Waals surface area contributed by atoms with Crippen LogP contribution in [0.25, 0.3) is 0 Å². The molecule has 1 rings (SSSR count). The van der Waals surface area contributed by atoms with Gasteiger partial charge in [-0.3, -0.25) is 0 Å². The van der Waals surface area contributed by atoms with Gasteiger partial charge >= 0.3 is 0 Å². The zero-order valence-corrected chi connectivity index (χ0v) is 13.6. The van der Waals surface area contributed by atoms with Crippen LogP contribution in [0.3, 0.4) is 0 Å². The molecule has 0 fully saturated rings. The Hall–Kier alpha value is -1.02. The molecule has 0 spiro atoms. The molecular weight excluding hydrogens is 246 g/mol. The molecule has 2 unspecified atom stereocenters. The third-order valence-corrected chi connectivity index (χ3v) is 3.79. The molecule has 0 bridgehead atoms. The van der Waals surface area contributed by atoms with E-state index < -0.39 is 0 Å². The lowest BCUT2D eigenvalue weighted by Gasteiger charge is -2.16. The molecule has 0 saturated carbocycles. The first-order chi connectivity index (χ1) is 9.67. The Balaban J connectivity index is 2.29. The van der Waals surface area contributed by atoms with Gasteiger partial charge in [0.1, 0.15) is 5.75 Å². The van der Waals surface area contributed by atoms with Gasteiger partial charge in [0.25, 0.3) is 0 Å². The standard InChI is InChI=1S/C18H31NO/c1-5-13-19-14-7-8-16(4)20-18-11-9-17(10-12-18)15(3)6-2/h9-12,15-16,19H,5-8,13-14H2,1-4H3. The van der Waals surface area contributed by atoms with Crippen molar-refractivity contribution in [3.63, 3.8) is 0 Å². The van der Waals surface area contributed by atoms with Crippen LogP contribution in [0, 0.1) is 0 Å². The Labute approximate surface area is 124 Å². The van der Waals surface area contributed by atoms with Gasteiger partial charge in [0.2, 0.25) is 0 Å². The van der Waals surface area contributed by atoms with E-state index >= 15 is 0 Å². The van der Waals surface area contributed by atoms with E-state index in [1.165, 1.54) is 24.8 Å². The molecule has 0 aromatic heterocycles. The summed E-state index contributed by atoms with van der Waals surface area (Å²) in [6.07, 6.45) is 4.94. The fraction of sp³-hybridized carbons (Fsp3) is 0.667. The zero-order valence-electron chi connectivity index (χ0n) is 13.6. The number of hydrogen-bond acceptors (Lipinski definition) is 2. The maximum atomic E-state index is 5.96. The van der Waals surface area contributed by atoms with Crippen molar-refractivity contribution in [2.45, 2.75) is 65.4 Å². The van der Waals surface area contributed by atoms with Crippen molar-refractivity contribution in [2.24, 2.45) is 0 Å². The third kappa shape index (κ3) is 6.42. The van der Waals surface area contributed by atoms with Gasteiger partial charge in [-0.15, -0.1) is 0 Å². The predicted molar refractivity (Wildman–Crippen MR) is 87.6 cm³/mol. The number of ether oxygens (including phenoxy) is 1. The van der Waals surface area contributed by atoms with Crippen LogP contribution in [-0.4, -0.2) is 19.2 Å². The van der Waals surface area contributed by atoms with Crippen molar-refractivity contribution in [1.82, 2.24) is 5.32 Å². The molecule has 0 saturated heterocycles. The van der Waals surface area contributed by atoms with E-state index in [-0.39, 0.29) is 6.10 Å². The molecule has 0 aliphatic heterocycles. The lowest BCUT2D eigenvalue weighted by molar-refractivity contribution is 0.207. The van der Waals surface area contributed by atoms with Gasteiger partial charge in [0.15, 0.2) is 0 Å². The van der Waals surface area contributed by atoms with E-state index in [1.807, 2.05) is 0 Å². The summed E-state index contributed by atoms with van der Waals surface area (Å²) in [5.74, 6) is 1.62. The van der Waals surface area contributed by atoms with Crippen LogP contribution >= 0.6 is 0 Å². The molecule has 0 radical (unpaired) electrons. The Morgan fingerprint density at radius 3 is 2.35 bits per heavy atom. The summed E-state index contributed by atoms with van der Waals surface area (Å²) in [5, 5.41) is 3.43. The second-order valence-electron chi connectivity index (χ2n) is 5.70.